The summed E-state index contributed by atoms with van der Waals surface area (Å²) in [6.07, 6.45) is 0. The topological polar surface area (TPSA) is 26.7 Å². The molecule has 0 unspecified atom stereocenters. The standard InChI is InChI=1S/C4H9ClN2O/c5-6-1-3-7(8)4-2-6/h8H,1-4H2. The van der Waals surface area contributed by atoms with Gasteiger partial charge in [0.1, 0.15) is 0 Å². The van der Waals surface area contributed by atoms with Gasteiger partial charge in [-0.25, -0.2) is 4.42 Å². The van der Waals surface area contributed by atoms with Crippen LogP contribution in [0.1, 0.15) is 0 Å². The number of hydroxylamine groups is 2. The number of hydrogen-bond acceptors (Lipinski definition) is 3. The molecule has 0 aromatic rings. The highest BCUT2D eigenvalue weighted by molar-refractivity contribution is 6.13. The van der Waals surface area contributed by atoms with Crippen LogP contribution in [0.2, 0.25) is 0 Å². The van der Waals surface area contributed by atoms with Crippen molar-refractivity contribution < 1.29 is 5.21 Å². The lowest BCUT2D eigenvalue weighted by Gasteiger charge is -2.25. The summed E-state index contributed by atoms with van der Waals surface area (Å²) >= 11 is 5.58. The first-order valence-corrected chi connectivity index (χ1v) is 2.97. The second-order valence-electron chi connectivity index (χ2n) is 1.86. The Morgan fingerprint density at radius 2 is 1.62 bits per heavy atom. The van der Waals surface area contributed by atoms with E-state index in [-0.39, 0.29) is 0 Å². The predicted octanol–water partition coefficient (Wildman–Crippen LogP) is 0.147. The van der Waals surface area contributed by atoms with Crippen molar-refractivity contribution in [2.45, 2.75) is 0 Å². The second-order valence-corrected chi connectivity index (χ2v) is 2.34. The molecule has 0 aromatic carbocycles. The summed E-state index contributed by atoms with van der Waals surface area (Å²) in [6, 6.07) is 0. The monoisotopic (exact) mass is 136 g/mol. The first-order chi connectivity index (χ1) is 3.79. The number of halogens is 1. The van der Waals surface area contributed by atoms with E-state index in [1.807, 2.05) is 0 Å². The van der Waals surface area contributed by atoms with Gasteiger partial charge >= 0.3 is 0 Å². The predicted molar refractivity (Wildman–Crippen MR) is 30.8 cm³/mol. The number of nitrogens with zero attached hydrogens (tertiary/aromatic N) is 2. The molecule has 1 aliphatic rings. The van der Waals surface area contributed by atoms with Gasteiger partial charge in [0, 0.05) is 26.2 Å². The lowest BCUT2D eigenvalue weighted by molar-refractivity contribution is -0.108. The highest BCUT2D eigenvalue weighted by atomic mass is 35.5. The molecule has 3 nitrogen and oxygen atoms in total. The molecule has 48 valence electrons. The largest absolute Gasteiger partial charge is 0.314 e. The summed E-state index contributed by atoms with van der Waals surface area (Å²) in [5.74, 6) is 0. The van der Waals surface area contributed by atoms with Gasteiger partial charge in [0.25, 0.3) is 0 Å². The van der Waals surface area contributed by atoms with Gasteiger partial charge in [-0.15, -0.1) is 0 Å². The molecule has 1 heterocycles. The van der Waals surface area contributed by atoms with Crippen LogP contribution in [0, 0.1) is 0 Å². The Kier molecular flexibility index (Phi) is 2.08. The van der Waals surface area contributed by atoms with Crippen molar-refractivity contribution in [2.24, 2.45) is 0 Å². The van der Waals surface area contributed by atoms with E-state index in [1.165, 1.54) is 5.06 Å². The van der Waals surface area contributed by atoms with Crippen molar-refractivity contribution in [2.75, 3.05) is 26.2 Å². The maximum Gasteiger partial charge on any atom is 0.0379 e. The molecule has 0 saturated carbocycles. The molecule has 0 radical (unpaired) electrons. The molecule has 0 bridgehead atoms. The minimum atomic E-state index is 0.656. The normalized spacial score (nSPS) is 26.2. The lowest BCUT2D eigenvalue weighted by Crippen LogP contribution is -2.40. The summed E-state index contributed by atoms with van der Waals surface area (Å²) in [5, 5.41) is 10.1. The number of rotatable bonds is 0. The number of piperazine rings is 1. The van der Waals surface area contributed by atoms with E-state index in [1.54, 1.807) is 4.42 Å². The SMILES string of the molecule is ON1CCN(Cl)CC1. The van der Waals surface area contributed by atoms with E-state index in [0.29, 0.717) is 13.1 Å². The molecule has 1 rings (SSSR count). The van der Waals surface area contributed by atoms with Gasteiger partial charge < -0.3 is 5.21 Å². The van der Waals surface area contributed by atoms with E-state index in [9.17, 15) is 0 Å². The van der Waals surface area contributed by atoms with Crippen molar-refractivity contribution in [1.29, 1.82) is 0 Å². The smallest absolute Gasteiger partial charge is 0.0379 e. The van der Waals surface area contributed by atoms with Gasteiger partial charge in [-0.2, -0.15) is 5.06 Å². The highest BCUT2D eigenvalue weighted by Gasteiger charge is 2.11. The van der Waals surface area contributed by atoms with Gasteiger partial charge in [0.05, 0.1) is 0 Å². The zero-order valence-electron chi connectivity index (χ0n) is 4.55. The van der Waals surface area contributed by atoms with Crippen molar-refractivity contribution in [3.8, 4) is 0 Å². The Hall–Kier alpha value is 0.170. The van der Waals surface area contributed by atoms with Crippen LogP contribution in [-0.2, 0) is 0 Å². The van der Waals surface area contributed by atoms with Crippen LogP contribution in [0.15, 0.2) is 0 Å². The average molecular weight is 137 g/mol. The minimum Gasteiger partial charge on any atom is -0.314 e. The molecule has 0 amide bonds. The van der Waals surface area contributed by atoms with Crippen LogP contribution in [-0.4, -0.2) is 40.9 Å². The Morgan fingerprint density at radius 1 is 1.12 bits per heavy atom. The Labute approximate surface area is 53.5 Å². The van der Waals surface area contributed by atoms with Gasteiger partial charge in [0.15, 0.2) is 0 Å². The van der Waals surface area contributed by atoms with Gasteiger partial charge in [0.2, 0.25) is 0 Å². The fourth-order valence-electron chi connectivity index (χ4n) is 0.671. The van der Waals surface area contributed by atoms with Gasteiger partial charge in [-0.3, -0.25) is 0 Å². The molecule has 0 aliphatic carbocycles. The molecule has 0 spiro atoms. The first kappa shape index (κ1) is 6.29. The lowest BCUT2D eigenvalue weighted by atomic mass is 10.4. The van der Waals surface area contributed by atoms with E-state index in [4.69, 9.17) is 17.0 Å². The van der Waals surface area contributed by atoms with E-state index >= 15 is 0 Å². The zero-order valence-corrected chi connectivity index (χ0v) is 5.30. The van der Waals surface area contributed by atoms with Crippen LogP contribution in [0.5, 0.6) is 0 Å². The van der Waals surface area contributed by atoms with E-state index < -0.39 is 0 Å². The maximum absolute atomic E-state index is 8.77. The van der Waals surface area contributed by atoms with Crippen LogP contribution in [0.3, 0.4) is 0 Å². The Bertz CT molecular complexity index is 62.4. The summed E-state index contributed by atoms with van der Waals surface area (Å²) in [4.78, 5) is 0. The quantitative estimate of drug-likeness (QED) is 0.481. The van der Waals surface area contributed by atoms with Crippen molar-refractivity contribution in [3.63, 3.8) is 0 Å². The van der Waals surface area contributed by atoms with Crippen LogP contribution in [0.25, 0.3) is 0 Å². The van der Waals surface area contributed by atoms with Crippen LogP contribution in [0.4, 0.5) is 0 Å². The summed E-state index contributed by atoms with van der Waals surface area (Å²) < 4.78 is 1.67. The molecule has 1 aliphatic heterocycles. The molecular weight excluding hydrogens is 128 g/mol. The molecule has 4 heteroatoms. The molecule has 0 atom stereocenters. The summed E-state index contributed by atoms with van der Waals surface area (Å²) in [7, 11) is 0. The number of hydrogen-bond donors (Lipinski definition) is 1. The summed E-state index contributed by atoms with van der Waals surface area (Å²) in [6.45, 7) is 2.81. The molecule has 1 saturated heterocycles. The fourth-order valence-corrected chi connectivity index (χ4v) is 0.823. The second kappa shape index (κ2) is 2.64. The highest BCUT2D eigenvalue weighted by Crippen LogP contribution is 1.99. The first-order valence-electron chi connectivity index (χ1n) is 2.63. The van der Waals surface area contributed by atoms with Gasteiger partial charge in [-0.05, 0) is 11.8 Å². The molecule has 1 fully saturated rings. The third-order valence-electron chi connectivity index (χ3n) is 1.20. The third-order valence-corrected chi connectivity index (χ3v) is 1.54. The Balaban J connectivity index is 2.19. The van der Waals surface area contributed by atoms with E-state index in [2.05, 4.69) is 0 Å². The fraction of sp³-hybridized carbons (Fsp3) is 1.00. The van der Waals surface area contributed by atoms with Crippen molar-refractivity contribution in [1.82, 2.24) is 9.48 Å². The minimum absolute atomic E-state index is 0.656. The molecular formula is C4H9ClN2O. The zero-order chi connectivity index (χ0) is 5.98. The molecule has 0 aromatic heterocycles. The molecule has 8 heavy (non-hydrogen) atoms. The van der Waals surface area contributed by atoms with Crippen molar-refractivity contribution in [3.05, 3.63) is 0 Å². The Morgan fingerprint density at radius 3 is 2.00 bits per heavy atom. The van der Waals surface area contributed by atoms with Crippen molar-refractivity contribution >= 4 is 11.8 Å². The van der Waals surface area contributed by atoms with Crippen LogP contribution < -0.4 is 0 Å². The van der Waals surface area contributed by atoms with Crippen LogP contribution >= 0.6 is 11.8 Å². The maximum atomic E-state index is 8.77. The third kappa shape index (κ3) is 1.59. The summed E-state index contributed by atoms with van der Waals surface area (Å²) in [5.41, 5.74) is 0. The average Bonchev–Trinajstić information content (AvgIpc) is 1.77. The molecule has 1 N–H and O–H groups in total. The van der Waals surface area contributed by atoms with E-state index in [0.717, 1.165) is 13.1 Å². The van der Waals surface area contributed by atoms with Gasteiger partial charge in [-0.1, -0.05) is 0 Å².